The molecule has 1 atom stereocenters. The molecule has 63 heavy (non-hydrogen) atoms. The molecule has 0 saturated carbocycles. The van der Waals surface area contributed by atoms with Gasteiger partial charge in [0.2, 0.25) is 0 Å². The Morgan fingerprint density at radius 2 is 0.905 bits per heavy atom. The van der Waals surface area contributed by atoms with E-state index in [1.54, 1.807) is 11.3 Å². The Morgan fingerprint density at radius 3 is 1.51 bits per heavy atom. The first-order valence-electron chi connectivity index (χ1n) is 21.4. The lowest BCUT2D eigenvalue weighted by molar-refractivity contribution is 0.877. The molecule has 4 nitrogen and oxygen atoms in total. The zero-order chi connectivity index (χ0) is 41.4. The molecule has 0 N–H and O–H groups in total. The third-order valence-corrected chi connectivity index (χ3v) is 13.8. The van der Waals surface area contributed by atoms with Crippen LogP contribution in [0.1, 0.15) is 22.2 Å². The van der Waals surface area contributed by atoms with Gasteiger partial charge < -0.3 is 14.5 Å². The summed E-state index contributed by atoms with van der Waals surface area (Å²) in [4.78, 5) is 6.64. The standard InChI is InChI=1S/C58H37N4S/c1-5-20-37(21-6-1)49-51-43-30-13-16-33-46(43)62(42-28-11-4-12-29-42)56(51)50(52-44-31-14-17-34-47(44)61(55(49)52)41-26-9-3-10-27-41)39-24-19-25-40(36-39)58-59-53(38-22-7-2-8-23-38)57-54(60-58)45-32-15-18-35-48(45)63-57/h1-36,58H/q-1. The number of hydrogen-bond acceptors (Lipinski definition) is 2. The van der Waals surface area contributed by atoms with Crippen LogP contribution in [0.4, 0.5) is 5.69 Å². The Hall–Kier alpha value is -7.99. The first-order valence-corrected chi connectivity index (χ1v) is 22.3. The van der Waals surface area contributed by atoms with Crippen LogP contribution < -0.4 is 0 Å². The molecule has 0 radical (unpaired) electrons. The largest absolute Gasteiger partial charge is 0.658 e. The lowest BCUT2D eigenvalue weighted by Crippen LogP contribution is -2.10. The fraction of sp³-hybridized carbons (Fsp3) is 0.0172. The molecule has 0 aliphatic carbocycles. The molecular formula is C58H37N4S-. The highest BCUT2D eigenvalue weighted by Crippen LogP contribution is 2.53. The fourth-order valence-corrected chi connectivity index (χ4v) is 11.2. The summed E-state index contributed by atoms with van der Waals surface area (Å²) in [5.41, 5.74) is 15.7. The van der Waals surface area contributed by atoms with Gasteiger partial charge in [0.05, 0.1) is 27.8 Å². The van der Waals surface area contributed by atoms with Crippen molar-refractivity contribution >= 4 is 76.4 Å². The van der Waals surface area contributed by atoms with E-state index in [2.05, 4.69) is 228 Å². The van der Waals surface area contributed by atoms with Crippen LogP contribution in [0.5, 0.6) is 0 Å². The molecule has 0 saturated heterocycles. The Bertz CT molecular complexity index is 3740. The monoisotopic (exact) mass is 821 g/mol. The Kier molecular flexibility index (Phi) is 8.11. The summed E-state index contributed by atoms with van der Waals surface area (Å²) in [5.74, 6) is 0. The number of fused-ring (bicyclic) bond motifs is 9. The van der Waals surface area contributed by atoms with Gasteiger partial charge in [-0.1, -0.05) is 176 Å². The van der Waals surface area contributed by atoms with Crippen molar-refractivity contribution in [3.8, 4) is 33.6 Å². The molecule has 0 amide bonds. The van der Waals surface area contributed by atoms with Gasteiger partial charge in [0.15, 0.2) is 0 Å². The number of benzene rings is 9. The van der Waals surface area contributed by atoms with E-state index < -0.39 is 6.17 Å². The van der Waals surface area contributed by atoms with E-state index in [0.29, 0.717) is 0 Å². The van der Waals surface area contributed by atoms with Crippen LogP contribution in [-0.2, 0) is 0 Å². The van der Waals surface area contributed by atoms with E-state index in [1.807, 2.05) is 0 Å². The minimum atomic E-state index is -0.439. The van der Waals surface area contributed by atoms with E-state index in [1.165, 1.54) is 59.4 Å². The number of aliphatic imine (C=N–C) groups is 1. The van der Waals surface area contributed by atoms with Crippen LogP contribution in [0.2, 0.25) is 0 Å². The summed E-state index contributed by atoms with van der Waals surface area (Å²) >= 11 is 1.78. The van der Waals surface area contributed by atoms with Crippen LogP contribution in [0, 0.1) is 0 Å². The smallest absolute Gasteiger partial charge is 0.0795 e. The number of hydrogen-bond donors (Lipinski definition) is 0. The first-order chi connectivity index (χ1) is 31.3. The molecule has 0 spiro atoms. The molecule has 5 heteroatoms. The van der Waals surface area contributed by atoms with Crippen molar-refractivity contribution in [2.75, 3.05) is 0 Å². The molecule has 1 aliphatic rings. The van der Waals surface area contributed by atoms with Crippen molar-refractivity contribution in [1.29, 1.82) is 0 Å². The van der Waals surface area contributed by atoms with Gasteiger partial charge in [0.1, 0.15) is 0 Å². The average Bonchev–Trinajstić information content (AvgIpc) is 4.02. The maximum Gasteiger partial charge on any atom is 0.0795 e. The normalized spacial score (nSPS) is 13.8. The number of aromatic nitrogens is 2. The van der Waals surface area contributed by atoms with Crippen molar-refractivity contribution in [1.82, 2.24) is 9.13 Å². The third kappa shape index (κ3) is 5.50. The highest BCUT2D eigenvalue weighted by atomic mass is 32.1. The number of para-hydroxylation sites is 4. The Labute approximate surface area is 368 Å². The van der Waals surface area contributed by atoms with E-state index >= 15 is 0 Å². The maximum atomic E-state index is 5.52. The topological polar surface area (TPSA) is 36.3 Å². The van der Waals surface area contributed by atoms with Crippen LogP contribution in [0.3, 0.4) is 0 Å². The van der Waals surface area contributed by atoms with Gasteiger partial charge in [0, 0.05) is 65.4 Å². The minimum Gasteiger partial charge on any atom is -0.658 e. The van der Waals surface area contributed by atoms with E-state index in [0.717, 1.165) is 55.4 Å². The lowest BCUT2D eigenvalue weighted by atomic mass is 9.89. The first kappa shape index (κ1) is 35.7. The van der Waals surface area contributed by atoms with Crippen molar-refractivity contribution < 1.29 is 0 Å². The molecule has 0 fully saturated rings. The van der Waals surface area contributed by atoms with Crippen molar-refractivity contribution in [3.05, 3.63) is 240 Å². The predicted molar refractivity (Wildman–Crippen MR) is 266 cm³/mol. The summed E-state index contributed by atoms with van der Waals surface area (Å²) < 4.78 is 6.20. The van der Waals surface area contributed by atoms with Gasteiger partial charge in [-0.3, -0.25) is 4.99 Å². The molecule has 13 rings (SSSR count). The number of thiophene rings is 1. The number of nitrogens with zero attached hydrogens (tertiary/aromatic N) is 4. The molecule has 4 heterocycles. The van der Waals surface area contributed by atoms with Gasteiger partial charge in [-0.05, 0) is 64.5 Å². The molecule has 3 aromatic heterocycles. The Morgan fingerprint density at radius 1 is 0.429 bits per heavy atom. The van der Waals surface area contributed by atoms with Gasteiger partial charge >= 0.3 is 0 Å². The second kappa shape index (κ2) is 14.3. The highest BCUT2D eigenvalue weighted by Gasteiger charge is 2.29. The molecule has 296 valence electrons. The molecule has 9 aromatic carbocycles. The lowest BCUT2D eigenvalue weighted by Gasteiger charge is -2.36. The zero-order valence-electron chi connectivity index (χ0n) is 34.1. The second-order valence-electron chi connectivity index (χ2n) is 16.2. The van der Waals surface area contributed by atoms with E-state index in [9.17, 15) is 0 Å². The molecular weight excluding hydrogens is 785 g/mol. The van der Waals surface area contributed by atoms with Crippen LogP contribution in [0.25, 0.3) is 92.6 Å². The van der Waals surface area contributed by atoms with E-state index in [-0.39, 0.29) is 0 Å². The van der Waals surface area contributed by atoms with Gasteiger partial charge in [0.25, 0.3) is 0 Å². The third-order valence-electron chi connectivity index (χ3n) is 12.6. The summed E-state index contributed by atoms with van der Waals surface area (Å²) in [6.45, 7) is 0. The quantitative estimate of drug-likeness (QED) is 0.160. The Balaban J connectivity index is 1.18. The second-order valence-corrected chi connectivity index (χ2v) is 17.2. The number of rotatable bonds is 6. The molecule has 12 aromatic rings. The van der Waals surface area contributed by atoms with Crippen molar-refractivity contribution in [2.45, 2.75) is 6.17 Å². The van der Waals surface area contributed by atoms with Crippen molar-refractivity contribution in [3.63, 3.8) is 0 Å². The zero-order valence-corrected chi connectivity index (χ0v) is 34.9. The highest BCUT2D eigenvalue weighted by molar-refractivity contribution is 7.22. The summed E-state index contributed by atoms with van der Waals surface area (Å²) in [5, 5.41) is 11.5. The molecule has 1 aliphatic heterocycles. The van der Waals surface area contributed by atoms with Gasteiger partial charge in [-0.15, -0.1) is 17.0 Å². The van der Waals surface area contributed by atoms with Crippen LogP contribution >= 0.6 is 11.3 Å². The van der Waals surface area contributed by atoms with Crippen molar-refractivity contribution in [2.24, 2.45) is 4.99 Å². The molecule has 0 bridgehead atoms. The summed E-state index contributed by atoms with van der Waals surface area (Å²) in [6.07, 6.45) is -0.439. The summed E-state index contributed by atoms with van der Waals surface area (Å²) in [7, 11) is 0. The van der Waals surface area contributed by atoms with Crippen LogP contribution in [-0.4, -0.2) is 14.8 Å². The summed E-state index contributed by atoms with van der Waals surface area (Å²) in [6, 6.07) is 78.8. The SMILES string of the molecule is c1ccc(C2=NC(c3cccc(-c4c5c6ccccc6n(-c6ccccc6)c5c(-c5ccccc5)c5c6ccccc6n(-c6ccccc6)c45)c3)[N-]c3c2sc2ccccc32)cc1. The minimum absolute atomic E-state index is 0.439. The van der Waals surface area contributed by atoms with Gasteiger partial charge in [-0.2, -0.15) is 0 Å². The van der Waals surface area contributed by atoms with Gasteiger partial charge in [-0.25, -0.2) is 0 Å². The molecule has 1 unspecified atom stereocenters. The fourth-order valence-electron chi connectivity index (χ4n) is 10.0. The van der Waals surface area contributed by atoms with Crippen LogP contribution in [0.15, 0.2) is 223 Å². The predicted octanol–water partition coefficient (Wildman–Crippen LogP) is 16.0. The maximum absolute atomic E-state index is 5.52. The van der Waals surface area contributed by atoms with E-state index in [4.69, 9.17) is 10.3 Å². The average molecular weight is 822 g/mol.